The van der Waals surface area contributed by atoms with Crippen LogP contribution in [0.1, 0.15) is 0 Å². The number of fused-ring (bicyclic) bond motifs is 1. The van der Waals surface area contributed by atoms with Crippen LogP contribution in [-0.2, 0) is 11.3 Å². The van der Waals surface area contributed by atoms with Gasteiger partial charge < -0.3 is 19.9 Å². The monoisotopic (exact) mass is 269 g/mol. The molecule has 0 saturated heterocycles. The van der Waals surface area contributed by atoms with Gasteiger partial charge in [0.1, 0.15) is 12.4 Å². The van der Waals surface area contributed by atoms with E-state index < -0.39 is 18.2 Å². The summed E-state index contributed by atoms with van der Waals surface area (Å²) in [7, 11) is 0. The third-order valence-electron chi connectivity index (χ3n) is 2.51. The van der Waals surface area contributed by atoms with Crippen LogP contribution in [-0.4, -0.2) is 58.2 Å². The van der Waals surface area contributed by atoms with E-state index in [1.54, 1.807) is 0 Å². The summed E-state index contributed by atoms with van der Waals surface area (Å²) in [6.07, 6.45) is -0.970. The Kier molecular flexibility index (Phi) is 3.55. The van der Waals surface area contributed by atoms with Gasteiger partial charge in [-0.3, -0.25) is 10.7 Å². The molecule has 0 aliphatic carbocycles. The Morgan fingerprint density at radius 3 is 2.74 bits per heavy atom. The lowest BCUT2D eigenvalue weighted by Gasteiger charge is -2.14. The van der Waals surface area contributed by atoms with Crippen LogP contribution >= 0.6 is 0 Å². The maximum atomic E-state index is 10.5. The van der Waals surface area contributed by atoms with Crippen molar-refractivity contribution in [2.45, 2.75) is 18.8 Å². The van der Waals surface area contributed by atoms with Gasteiger partial charge in [-0.2, -0.15) is 0 Å². The molecule has 0 aliphatic heterocycles. The molecule has 2 rings (SSSR count). The lowest BCUT2D eigenvalue weighted by atomic mass is 10.2. The molecule has 19 heavy (non-hydrogen) atoms. The Labute approximate surface area is 105 Å². The van der Waals surface area contributed by atoms with Gasteiger partial charge in [-0.25, -0.2) is 19.7 Å². The molecule has 0 fully saturated rings. The summed E-state index contributed by atoms with van der Waals surface area (Å²) >= 11 is 0. The summed E-state index contributed by atoms with van der Waals surface area (Å²) in [5.74, 6) is -1.44. The Bertz CT molecular complexity index is 600. The highest BCUT2D eigenvalue weighted by Crippen LogP contribution is 2.17. The van der Waals surface area contributed by atoms with E-state index in [0.29, 0.717) is 0 Å². The number of imidazole rings is 1. The van der Waals surface area contributed by atoms with Crippen LogP contribution in [0, 0.1) is 0 Å². The van der Waals surface area contributed by atoms with E-state index in [1.165, 1.54) is 17.2 Å². The van der Waals surface area contributed by atoms with Crippen LogP contribution in [0.4, 0.5) is 5.82 Å². The summed E-state index contributed by atoms with van der Waals surface area (Å²) < 4.78 is 1.34. The standard InChI is InChI=1S/C9H11N5O5/c15-4(6(16)9(17)18)1-14-3-12-5-7(13-19)10-2-11-8(5)14/h2-4,6,15-16,19H,1H2,(H,17,18)(H,10,11,13)/t4-,6-/m1/s1. The van der Waals surface area contributed by atoms with Crippen molar-refractivity contribution in [2.75, 3.05) is 5.48 Å². The molecule has 2 atom stereocenters. The van der Waals surface area contributed by atoms with Gasteiger partial charge in [0.25, 0.3) is 0 Å². The van der Waals surface area contributed by atoms with E-state index >= 15 is 0 Å². The van der Waals surface area contributed by atoms with Crippen molar-refractivity contribution in [3.05, 3.63) is 12.7 Å². The molecule has 2 aromatic heterocycles. The number of aliphatic hydroxyl groups excluding tert-OH is 2. The number of rotatable bonds is 5. The minimum absolute atomic E-state index is 0.0806. The summed E-state index contributed by atoms with van der Waals surface area (Å²) in [5.41, 5.74) is 2.38. The van der Waals surface area contributed by atoms with E-state index in [2.05, 4.69) is 15.0 Å². The van der Waals surface area contributed by atoms with Crippen molar-refractivity contribution in [1.82, 2.24) is 19.5 Å². The number of aliphatic carboxylic acids is 1. The molecule has 0 saturated carbocycles. The number of nitrogens with one attached hydrogen (secondary N) is 1. The smallest absolute Gasteiger partial charge is 0.335 e. The van der Waals surface area contributed by atoms with Gasteiger partial charge in [0.2, 0.25) is 0 Å². The van der Waals surface area contributed by atoms with Crippen molar-refractivity contribution in [3.63, 3.8) is 0 Å². The number of aliphatic hydroxyl groups is 2. The van der Waals surface area contributed by atoms with Crippen LogP contribution in [0.2, 0.25) is 0 Å². The summed E-state index contributed by atoms with van der Waals surface area (Å²) in [6.45, 7) is -0.216. The van der Waals surface area contributed by atoms with E-state index in [4.69, 9.17) is 10.3 Å². The second-order valence-corrected chi connectivity index (χ2v) is 3.75. The molecule has 0 spiro atoms. The first-order valence-corrected chi connectivity index (χ1v) is 5.19. The molecule has 2 heterocycles. The number of nitrogens with zero attached hydrogens (tertiary/aromatic N) is 4. The minimum Gasteiger partial charge on any atom is -0.479 e. The summed E-state index contributed by atoms with van der Waals surface area (Å²) in [4.78, 5) is 22.1. The van der Waals surface area contributed by atoms with E-state index in [1.807, 2.05) is 5.48 Å². The van der Waals surface area contributed by atoms with Gasteiger partial charge >= 0.3 is 5.97 Å². The molecule has 102 valence electrons. The zero-order chi connectivity index (χ0) is 14.0. The molecule has 5 N–H and O–H groups in total. The van der Waals surface area contributed by atoms with Crippen LogP contribution in [0.5, 0.6) is 0 Å². The van der Waals surface area contributed by atoms with Crippen molar-refractivity contribution in [1.29, 1.82) is 0 Å². The first-order valence-electron chi connectivity index (χ1n) is 5.19. The lowest BCUT2D eigenvalue weighted by Crippen LogP contribution is -2.36. The molecular weight excluding hydrogens is 258 g/mol. The van der Waals surface area contributed by atoms with E-state index in [9.17, 15) is 15.0 Å². The Hall–Kier alpha value is -2.30. The van der Waals surface area contributed by atoms with E-state index in [0.717, 1.165) is 0 Å². The first kappa shape index (κ1) is 13.1. The molecule has 0 unspecified atom stereocenters. The maximum Gasteiger partial charge on any atom is 0.335 e. The number of carboxylic acids is 1. The van der Waals surface area contributed by atoms with Crippen LogP contribution in [0.15, 0.2) is 12.7 Å². The highest BCUT2D eigenvalue weighted by atomic mass is 16.5. The molecule has 10 nitrogen and oxygen atoms in total. The quantitative estimate of drug-likeness (QED) is 0.405. The molecular formula is C9H11N5O5. The molecule has 0 bridgehead atoms. The van der Waals surface area contributed by atoms with Gasteiger partial charge in [0.15, 0.2) is 23.1 Å². The summed E-state index contributed by atoms with van der Waals surface area (Å²) in [6, 6.07) is 0. The lowest BCUT2D eigenvalue weighted by molar-refractivity contribution is -0.153. The van der Waals surface area contributed by atoms with Crippen LogP contribution < -0.4 is 5.48 Å². The number of carbonyl (C=O) groups is 1. The minimum atomic E-state index is -1.91. The number of anilines is 1. The third-order valence-corrected chi connectivity index (χ3v) is 2.51. The number of hydrogen-bond acceptors (Lipinski definition) is 8. The third kappa shape index (κ3) is 2.45. The second-order valence-electron chi connectivity index (χ2n) is 3.75. The largest absolute Gasteiger partial charge is 0.479 e. The van der Waals surface area contributed by atoms with Gasteiger partial charge in [-0.1, -0.05) is 0 Å². The topological polar surface area (TPSA) is 154 Å². The fourth-order valence-electron chi connectivity index (χ4n) is 1.56. The first-order chi connectivity index (χ1) is 9.04. The van der Waals surface area contributed by atoms with Crippen molar-refractivity contribution in [2.24, 2.45) is 0 Å². The predicted octanol–water partition coefficient (Wildman–Crippen LogP) is -1.57. The molecule has 0 radical (unpaired) electrons. The fourth-order valence-corrected chi connectivity index (χ4v) is 1.56. The molecule has 0 aliphatic rings. The number of aromatic nitrogens is 4. The zero-order valence-corrected chi connectivity index (χ0v) is 9.50. The highest BCUT2D eigenvalue weighted by molar-refractivity contribution is 5.82. The van der Waals surface area contributed by atoms with Gasteiger partial charge in [0.05, 0.1) is 12.9 Å². The summed E-state index contributed by atoms with van der Waals surface area (Å²) in [5, 5.41) is 36.2. The predicted molar refractivity (Wildman–Crippen MR) is 60.4 cm³/mol. The second kappa shape index (κ2) is 5.14. The Morgan fingerprint density at radius 1 is 1.37 bits per heavy atom. The molecule has 2 aromatic rings. The maximum absolute atomic E-state index is 10.5. The van der Waals surface area contributed by atoms with Gasteiger partial charge in [-0.05, 0) is 0 Å². The average molecular weight is 269 g/mol. The number of carboxylic acid groups (broad SMARTS) is 1. The Morgan fingerprint density at radius 2 is 2.11 bits per heavy atom. The zero-order valence-electron chi connectivity index (χ0n) is 9.50. The van der Waals surface area contributed by atoms with E-state index in [-0.39, 0.29) is 23.5 Å². The molecule has 0 amide bonds. The van der Waals surface area contributed by atoms with Crippen LogP contribution in [0.3, 0.4) is 0 Å². The molecule has 10 heteroatoms. The van der Waals surface area contributed by atoms with Gasteiger partial charge in [-0.15, -0.1) is 0 Å². The van der Waals surface area contributed by atoms with Crippen molar-refractivity contribution >= 4 is 23.0 Å². The normalized spacial score (nSPS) is 14.3. The SMILES string of the molecule is O=C(O)[C@H](O)[C@H](O)Cn1cnc2c(NO)ncnc21. The van der Waals surface area contributed by atoms with Crippen molar-refractivity contribution < 1.29 is 25.3 Å². The highest BCUT2D eigenvalue weighted by Gasteiger charge is 2.24. The average Bonchev–Trinajstić information content (AvgIpc) is 2.80. The number of hydrogen-bond donors (Lipinski definition) is 5. The van der Waals surface area contributed by atoms with Gasteiger partial charge in [0, 0.05) is 0 Å². The Balaban J connectivity index is 2.29. The molecule has 0 aromatic carbocycles. The van der Waals surface area contributed by atoms with Crippen molar-refractivity contribution in [3.8, 4) is 0 Å². The fraction of sp³-hybridized carbons (Fsp3) is 0.333. The van der Waals surface area contributed by atoms with Crippen LogP contribution in [0.25, 0.3) is 11.2 Å².